The van der Waals surface area contributed by atoms with E-state index in [1.807, 2.05) is 0 Å². The van der Waals surface area contributed by atoms with E-state index in [2.05, 4.69) is 5.10 Å². The van der Waals surface area contributed by atoms with E-state index in [4.69, 9.17) is 9.47 Å². The van der Waals surface area contributed by atoms with Gasteiger partial charge in [0.15, 0.2) is 18.1 Å². The molecule has 1 heterocycles. The number of carbonyl (C=O) groups excluding carboxylic acids is 3. The third-order valence-electron chi connectivity index (χ3n) is 4.72. The summed E-state index contributed by atoms with van der Waals surface area (Å²) in [7, 11) is 0. The first-order valence-electron chi connectivity index (χ1n) is 9.18. The molecule has 0 radical (unpaired) electrons. The van der Waals surface area contributed by atoms with E-state index in [0.717, 1.165) is 0 Å². The van der Waals surface area contributed by atoms with Crippen LogP contribution in [0.1, 0.15) is 40.1 Å². The Morgan fingerprint density at radius 1 is 1.10 bits per heavy atom. The smallest absolute Gasteiger partial charge is 0.338 e. The molecule has 2 aromatic rings. The van der Waals surface area contributed by atoms with Gasteiger partial charge in [-0.3, -0.25) is 9.59 Å². The number of nitrogens with zero attached hydrogens (tertiary/aromatic N) is 2. The molecule has 7 nitrogen and oxygen atoms in total. The van der Waals surface area contributed by atoms with E-state index in [9.17, 15) is 14.4 Å². The molecule has 1 aliphatic heterocycles. The number of benzene rings is 2. The van der Waals surface area contributed by atoms with Crippen molar-refractivity contribution in [2.45, 2.75) is 13.8 Å². The van der Waals surface area contributed by atoms with Crippen molar-refractivity contribution < 1.29 is 23.9 Å². The Bertz CT molecular complexity index is 1080. The van der Waals surface area contributed by atoms with Crippen molar-refractivity contribution in [2.24, 2.45) is 5.10 Å². The molecule has 0 spiro atoms. The van der Waals surface area contributed by atoms with Crippen molar-refractivity contribution in [1.29, 1.82) is 0 Å². The maximum atomic E-state index is 12.7. The normalized spacial score (nSPS) is 15.8. The lowest BCUT2D eigenvalue weighted by Crippen LogP contribution is -2.28. The molecule has 0 unspecified atom stereocenters. The van der Waals surface area contributed by atoms with Gasteiger partial charge in [0.2, 0.25) is 0 Å². The van der Waals surface area contributed by atoms with E-state index in [0.29, 0.717) is 39.4 Å². The van der Waals surface area contributed by atoms with Crippen molar-refractivity contribution in [3.8, 4) is 0 Å². The Kier molecular flexibility index (Phi) is 4.72. The van der Waals surface area contributed by atoms with E-state index in [1.165, 1.54) is 5.01 Å². The van der Waals surface area contributed by atoms with E-state index in [1.54, 1.807) is 62.4 Å². The third-order valence-corrected chi connectivity index (χ3v) is 4.72. The first-order valence-corrected chi connectivity index (χ1v) is 9.18. The van der Waals surface area contributed by atoms with Gasteiger partial charge in [0.25, 0.3) is 5.91 Å². The molecule has 0 saturated heterocycles. The monoisotopic (exact) mass is 390 g/mol. The lowest BCUT2D eigenvalue weighted by molar-refractivity contribution is -0.121. The summed E-state index contributed by atoms with van der Waals surface area (Å²) in [6.45, 7) is 3.42. The van der Waals surface area contributed by atoms with Gasteiger partial charge in [-0.05, 0) is 38.1 Å². The van der Waals surface area contributed by atoms with Crippen LogP contribution in [0.25, 0.3) is 0 Å². The van der Waals surface area contributed by atoms with Crippen LogP contribution in [0, 0.1) is 0 Å². The summed E-state index contributed by atoms with van der Waals surface area (Å²) in [5.41, 5.74) is 2.83. The molecule has 1 amide bonds. The fourth-order valence-corrected chi connectivity index (χ4v) is 3.27. The summed E-state index contributed by atoms with van der Waals surface area (Å²) in [4.78, 5) is 37.2. The Morgan fingerprint density at radius 3 is 2.48 bits per heavy atom. The number of carbonyl (C=O) groups is 3. The summed E-state index contributed by atoms with van der Waals surface area (Å²) < 4.78 is 10.6. The molecule has 7 heteroatoms. The largest absolute Gasteiger partial charge is 0.481 e. The van der Waals surface area contributed by atoms with Crippen LogP contribution in [-0.4, -0.2) is 36.6 Å². The summed E-state index contributed by atoms with van der Waals surface area (Å²) >= 11 is 0. The first-order chi connectivity index (χ1) is 14.0. The van der Waals surface area contributed by atoms with E-state index < -0.39 is 5.97 Å². The van der Waals surface area contributed by atoms with Gasteiger partial charge in [0, 0.05) is 16.7 Å². The van der Waals surface area contributed by atoms with Gasteiger partial charge in [-0.15, -0.1) is 0 Å². The minimum Gasteiger partial charge on any atom is -0.481 e. The number of ether oxygens (including phenoxy) is 2. The van der Waals surface area contributed by atoms with Crippen LogP contribution in [0.2, 0.25) is 0 Å². The number of allylic oxidation sites excluding steroid dienone is 2. The first kappa shape index (κ1) is 18.6. The standard InChI is InChI=1S/C22H18N2O5/c1-3-28-22(27)14-8-10-15(11-9-14)24-18(25)12-29-21-13(2)20(26)17-7-5-4-6-16(17)19(21)23-24/h4-11H,3,12H2,1-2H3. The van der Waals surface area contributed by atoms with Crippen LogP contribution >= 0.6 is 0 Å². The number of amides is 1. The SMILES string of the molecule is CCOC(=O)c1ccc(N2N=C3C(=C(C)C(=O)c4ccccc43)OCC2=O)cc1. The molecule has 4 rings (SSSR count). The van der Waals surface area contributed by atoms with Gasteiger partial charge < -0.3 is 9.47 Å². The fourth-order valence-electron chi connectivity index (χ4n) is 3.27. The van der Waals surface area contributed by atoms with Crippen LogP contribution in [0.3, 0.4) is 0 Å². The quantitative estimate of drug-likeness (QED) is 0.752. The zero-order valence-electron chi connectivity index (χ0n) is 16.0. The molecule has 0 aromatic heterocycles. The fraction of sp³-hybridized carbons (Fsp3) is 0.182. The van der Waals surface area contributed by atoms with Gasteiger partial charge in [-0.25, -0.2) is 4.79 Å². The summed E-state index contributed by atoms with van der Waals surface area (Å²) in [5, 5.41) is 5.77. The molecule has 146 valence electrons. The highest BCUT2D eigenvalue weighted by molar-refractivity contribution is 6.28. The molecule has 0 fully saturated rings. The van der Waals surface area contributed by atoms with Crippen molar-refractivity contribution in [3.05, 3.63) is 76.6 Å². The number of hydrogen-bond donors (Lipinski definition) is 0. The minimum atomic E-state index is -0.434. The number of hydrogen-bond acceptors (Lipinski definition) is 6. The predicted molar refractivity (Wildman–Crippen MR) is 106 cm³/mol. The molecule has 1 aliphatic carbocycles. The second-order valence-corrected chi connectivity index (χ2v) is 6.54. The highest BCUT2D eigenvalue weighted by Gasteiger charge is 2.34. The van der Waals surface area contributed by atoms with Crippen molar-refractivity contribution in [2.75, 3.05) is 18.2 Å². The lowest BCUT2D eigenvalue weighted by Gasteiger charge is -2.20. The maximum absolute atomic E-state index is 12.7. The van der Waals surface area contributed by atoms with Gasteiger partial charge in [-0.2, -0.15) is 10.1 Å². The predicted octanol–water partition coefficient (Wildman–Crippen LogP) is 3.10. The summed E-state index contributed by atoms with van der Waals surface area (Å²) in [6.07, 6.45) is 0. The van der Waals surface area contributed by atoms with E-state index in [-0.39, 0.29) is 24.9 Å². The number of fused-ring (bicyclic) bond motifs is 3. The molecule has 0 N–H and O–H groups in total. The number of hydrazone groups is 1. The molecule has 0 bridgehead atoms. The average Bonchev–Trinajstić information content (AvgIpc) is 2.92. The van der Waals surface area contributed by atoms with Crippen LogP contribution < -0.4 is 5.01 Å². The Balaban J connectivity index is 1.79. The Morgan fingerprint density at radius 2 is 1.79 bits per heavy atom. The van der Waals surface area contributed by atoms with Crippen molar-refractivity contribution in [3.63, 3.8) is 0 Å². The Labute approximate surface area is 167 Å². The number of esters is 1. The lowest BCUT2D eigenvalue weighted by atomic mass is 9.88. The highest BCUT2D eigenvalue weighted by Crippen LogP contribution is 2.30. The molecular formula is C22H18N2O5. The zero-order valence-corrected chi connectivity index (χ0v) is 16.0. The van der Waals surface area contributed by atoms with Crippen LogP contribution in [-0.2, 0) is 14.3 Å². The third kappa shape index (κ3) is 3.20. The van der Waals surface area contributed by atoms with Gasteiger partial charge in [0.1, 0.15) is 5.71 Å². The molecule has 0 atom stereocenters. The van der Waals surface area contributed by atoms with Gasteiger partial charge >= 0.3 is 5.97 Å². The Hall–Kier alpha value is -3.74. The van der Waals surface area contributed by atoms with E-state index >= 15 is 0 Å². The minimum absolute atomic E-state index is 0.144. The topological polar surface area (TPSA) is 85.3 Å². The molecular weight excluding hydrogens is 372 g/mol. The number of anilines is 1. The van der Waals surface area contributed by atoms with Crippen LogP contribution in [0.5, 0.6) is 0 Å². The zero-order chi connectivity index (χ0) is 20.5. The van der Waals surface area contributed by atoms with Crippen LogP contribution in [0.4, 0.5) is 5.69 Å². The molecule has 29 heavy (non-hydrogen) atoms. The van der Waals surface area contributed by atoms with Crippen LogP contribution in [0.15, 0.2) is 65.0 Å². The van der Waals surface area contributed by atoms with Crippen molar-refractivity contribution in [1.82, 2.24) is 0 Å². The maximum Gasteiger partial charge on any atom is 0.338 e. The molecule has 2 aliphatic rings. The van der Waals surface area contributed by atoms with Gasteiger partial charge in [0.05, 0.1) is 17.9 Å². The van der Waals surface area contributed by atoms with Gasteiger partial charge in [-0.1, -0.05) is 24.3 Å². The highest BCUT2D eigenvalue weighted by atomic mass is 16.5. The van der Waals surface area contributed by atoms with Crippen molar-refractivity contribution >= 4 is 29.1 Å². The number of Topliss-reactive ketones (excluding diaryl/α,β-unsaturated/α-hetero) is 1. The second-order valence-electron chi connectivity index (χ2n) is 6.54. The molecule has 0 saturated carbocycles. The molecule has 2 aromatic carbocycles. The summed E-state index contributed by atoms with van der Waals surface area (Å²) in [5.74, 6) is -0.653. The number of rotatable bonds is 3. The second kappa shape index (κ2) is 7.35. The number of ketones is 1. The summed E-state index contributed by atoms with van der Waals surface area (Å²) in [6, 6.07) is 13.5. The average molecular weight is 390 g/mol.